The summed E-state index contributed by atoms with van der Waals surface area (Å²) < 4.78 is 29.1. The SMILES string of the molecule is Cc1oc([S@@](=N)(=O)NC(=O)Nc2c3c(cc4c2CCC4)CCC3)cc1CNC(C)C. The molecule has 1 atom stereocenters. The molecule has 0 radical (unpaired) electrons. The second-order valence-electron chi connectivity index (χ2n) is 8.53. The Labute approximate surface area is 178 Å². The van der Waals surface area contributed by atoms with E-state index in [0.29, 0.717) is 18.3 Å². The highest BCUT2D eigenvalue weighted by molar-refractivity contribution is 7.91. The van der Waals surface area contributed by atoms with Gasteiger partial charge in [0, 0.05) is 29.9 Å². The Morgan fingerprint density at radius 2 is 1.77 bits per heavy atom. The summed E-state index contributed by atoms with van der Waals surface area (Å²) in [5, 5.41) is 6.17. The van der Waals surface area contributed by atoms with E-state index in [9.17, 15) is 9.00 Å². The van der Waals surface area contributed by atoms with Crippen LogP contribution in [0.2, 0.25) is 0 Å². The molecule has 2 aromatic rings. The van der Waals surface area contributed by atoms with Gasteiger partial charge in [0.1, 0.15) is 5.76 Å². The average molecular weight is 431 g/mol. The Kier molecular flexibility index (Phi) is 5.63. The van der Waals surface area contributed by atoms with Crippen LogP contribution in [0.4, 0.5) is 10.5 Å². The molecule has 1 heterocycles. The minimum Gasteiger partial charge on any atom is -0.449 e. The largest absolute Gasteiger partial charge is 0.449 e. The van der Waals surface area contributed by atoms with Crippen LogP contribution in [-0.2, 0) is 42.1 Å². The fourth-order valence-electron chi connectivity index (χ4n) is 4.41. The number of benzene rings is 1. The van der Waals surface area contributed by atoms with Gasteiger partial charge in [-0.05, 0) is 67.7 Å². The molecular weight excluding hydrogens is 400 g/mol. The molecular formula is C22H30N4O3S. The molecule has 1 aromatic heterocycles. The smallest absolute Gasteiger partial charge is 0.332 e. The molecule has 7 nitrogen and oxygen atoms in total. The first kappa shape index (κ1) is 20.9. The van der Waals surface area contributed by atoms with Crippen LogP contribution >= 0.6 is 0 Å². The van der Waals surface area contributed by atoms with Crippen molar-refractivity contribution in [3.8, 4) is 0 Å². The van der Waals surface area contributed by atoms with Crippen LogP contribution in [0.5, 0.6) is 0 Å². The maximum absolute atomic E-state index is 12.9. The number of urea groups is 1. The van der Waals surface area contributed by atoms with Gasteiger partial charge in [0.15, 0.2) is 9.92 Å². The lowest BCUT2D eigenvalue weighted by Gasteiger charge is -2.16. The fourth-order valence-corrected chi connectivity index (χ4v) is 5.37. The second-order valence-corrected chi connectivity index (χ2v) is 10.2. The first-order chi connectivity index (χ1) is 14.2. The molecule has 0 saturated carbocycles. The van der Waals surface area contributed by atoms with Gasteiger partial charge in [-0.15, -0.1) is 0 Å². The minimum absolute atomic E-state index is 0.0285. The third-order valence-corrected chi connectivity index (χ3v) is 7.17. The zero-order valence-corrected chi connectivity index (χ0v) is 18.6. The Morgan fingerprint density at radius 1 is 1.13 bits per heavy atom. The van der Waals surface area contributed by atoms with Gasteiger partial charge < -0.3 is 15.1 Å². The Balaban J connectivity index is 1.52. The molecule has 0 aliphatic heterocycles. The molecule has 30 heavy (non-hydrogen) atoms. The number of fused-ring (bicyclic) bond motifs is 2. The number of carbonyl (C=O) groups excluding carboxylic acids is 1. The summed E-state index contributed by atoms with van der Waals surface area (Å²) in [7, 11) is -3.60. The first-order valence-electron chi connectivity index (χ1n) is 10.6. The maximum atomic E-state index is 12.9. The number of aryl methyl sites for hydroxylation is 3. The van der Waals surface area contributed by atoms with E-state index in [1.165, 1.54) is 22.3 Å². The number of furan rings is 1. The van der Waals surface area contributed by atoms with Crippen LogP contribution in [0.15, 0.2) is 21.6 Å². The number of hydrogen-bond donors (Lipinski definition) is 4. The summed E-state index contributed by atoms with van der Waals surface area (Å²) in [4.78, 5) is 12.7. The van der Waals surface area contributed by atoms with E-state index in [1.807, 2.05) is 13.8 Å². The van der Waals surface area contributed by atoms with Crippen molar-refractivity contribution in [1.82, 2.24) is 10.0 Å². The van der Waals surface area contributed by atoms with Crippen molar-refractivity contribution >= 4 is 21.6 Å². The van der Waals surface area contributed by atoms with Gasteiger partial charge in [-0.25, -0.2) is 18.5 Å². The number of anilines is 1. The third-order valence-electron chi connectivity index (χ3n) is 5.93. The predicted molar refractivity (Wildman–Crippen MR) is 117 cm³/mol. The molecule has 0 saturated heterocycles. The molecule has 0 unspecified atom stereocenters. The van der Waals surface area contributed by atoms with Crippen LogP contribution in [0.1, 0.15) is 60.3 Å². The highest BCUT2D eigenvalue weighted by atomic mass is 32.2. The molecule has 0 bridgehead atoms. The lowest BCUT2D eigenvalue weighted by atomic mass is 9.99. The highest BCUT2D eigenvalue weighted by Crippen LogP contribution is 2.38. The molecule has 2 aliphatic carbocycles. The summed E-state index contributed by atoms with van der Waals surface area (Å²) in [6.45, 7) is 6.39. The molecule has 1 aromatic carbocycles. The Morgan fingerprint density at radius 3 is 2.37 bits per heavy atom. The number of nitrogens with one attached hydrogen (secondary N) is 4. The average Bonchev–Trinajstić information content (AvgIpc) is 3.38. The van der Waals surface area contributed by atoms with Crippen molar-refractivity contribution in [3.05, 3.63) is 45.7 Å². The summed E-state index contributed by atoms with van der Waals surface area (Å²) in [6.07, 6.45) is 6.13. The van der Waals surface area contributed by atoms with Crippen molar-refractivity contribution in [3.63, 3.8) is 0 Å². The second kappa shape index (κ2) is 8.07. The molecule has 0 fully saturated rings. The molecule has 2 aliphatic rings. The van der Waals surface area contributed by atoms with E-state index in [-0.39, 0.29) is 5.09 Å². The lowest BCUT2D eigenvalue weighted by molar-refractivity contribution is 0.256. The molecule has 4 rings (SSSR count). The Bertz CT molecular complexity index is 1050. The fraction of sp³-hybridized carbons (Fsp3) is 0.500. The summed E-state index contributed by atoms with van der Waals surface area (Å²) in [5.41, 5.74) is 6.70. The lowest BCUT2D eigenvalue weighted by Crippen LogP contribution is -2.34. The first-order valence-corrected chi connectivity index (χ1v) is 12.2. The predicted octanol–water partition coefficient (Wildman–Crippen LogP) is 4.21. The Hall–Kier alpha value is -2.32. The molecule has 2 amide bonds. The monoisotopic (exact) mass is 430 g/mol. The van der Waals surface area contributed by atoms with Gasteiger partial charge >= 0.3 is 6.03 Å². The van der Waals surface area contributed by atoms with Gasteiger partial charge in [-0.3, -0.25) is 0 Å². The molecule has 8 heteroatoms. The van der Waals surface area contributed by atoms with Gasteiger partial charge in [0.05, 0.1) is 0 Å². The highest BCUT2D eigenvalue weighted by Gasteiger charge is 2.26. The van der Waals surface area contributed by atoms with Crippen LogP contribution in [0.25, 0.3) is 0 Å². The summed E-state index contributed by atoms with van der Waals surface area (Å²) >= 11 is 0. The van der Waals surface area contributed by atoms with Crippen molar-refractivity contribution in [1.29, 1.82) is 4.78 Å². The van der Waals surface area contributed by atoms with E-state index >= 15 is 0 Å². The third kappa shape index (κ3) is 4.11. The normalized spacial score (nSPS) is 16.9. The minimum atomic E-state index is -3.60. The van der Waals surface area contributed by atoms with Crippen LogP contribution in [0.3, 0.4) is 0 Å². The van der Waals surface area contributed by atoms with Crippen LogP contribution in [0, 0.1) is 11.7 Å². The van der Waals surface area contributed by atoms with E-state index in [4.69, 9.17) is 9.20 Å². The number of rotatable bonds is 6. The van der Waals surface area contributed by atoms with Gasteiger partial charge in [-0.1, -0.05) is 19.9 Å². The molecule has 4 N–H and O–H groups in total. The van der Waals surface area contributed by atoms with E-state index in [0.717, 1.165) is 49.8 Å². The van der Waals surface area contributed by atoms with Gasteiger partial charge in [0.2, 0.25) is 5.09 Å². The zero-order valence-electron chi connectivity index (χ0n) is 17.8. The van der Waals surface area contributed by atoms with Crippen LogP contribution < -0.4 is 15.4 Å². The van der Waals surface area contributed by atoms with E-state index < -0.39 is 15.9 Å². The van der Waals surface area contributed by atoms with Gasteiger partial charge in [-0.2, -0.15) is 0 Å². The molecule has 0 spiro atoms. The molecule has 162 valence electrons. The standard InChI is InChI=1S/C22H30N4O3S/c1-13(2)24-12-17-11-20(29-14(17)3)30(23,28)26-22(27)25-21-18-8-4-6-15(18)10-16-7-5-9-19(16)21/h10-11,13,24H,4-9,12H2,1-3H3,(H3,23,25,26,27,28)/t30-/m0/s1. The zero-order chi connectivity index (χ0) is 21.5. The van der Waals surface area contributed by atoms with Crippen molar-refractivity contribution in [2.75, 3.05) is 5.32 Å². The van der Waals surface area contributed by atoms with Crippen LogP contribution in [-0.4, -0.2) is 16.3 Å². The van der Waals surface area contributed by atoms with Gasteiger partial charge in [0.25, 0.3) is 0 Å². The number of amides is 2. The van der Waals surface area contributed by atoms with Crippen molar-refractivity contribution in [2.24, 2.45) is 0 Å². The number of carbonyl (C=O) groups is 1. The quantitative estimate of drug-likeness (QED) is 0.551. The van der Waals surface area contributed by atoms with E-state index in [1.54, 1.807) is 13.0 Å². The summed E-state index contributed by atoms with van der Waals surface area (Å²) in [5.74, 6) is 0.596. The van der Waals surface area contributed by atoms with E-state index in [2.05, 4.69) is 21.4 Å². The van der Waals surface area contributed by atoms with Crippen molar-refractivity contribution in [2.45, 2.75) is 77.0 Å². The maximum Gasteiger partial charge on any atom is 0.332 e. The van der Waals surface area contributed by atoms with Crippen molar-refractivity contribution < 1.29 is 13.4 Å². The number of hydrogen-bond acceptors (Lipinski definition) is 5. The summed E-state index contributed by atoms with van der Waals surface area (Å²) in [6, 6.07) is 3.56. The topological polar surface area (TPSA) is 107 Å².